The molecule has 6 nitrogen and oxygen atoms in total. The van der Waals surface area contributed by atoms with Gasteiger partial charge in [-0.15, -0.1) is 0 Å². The molecular formula is C13H22N2O4S. The number of hydrogen-bond acceptors (Lipinski definition) is 4. The Hall–Kier alpha value is -0.950. The number of ether oxygens (including phenoxy) is 1. The third-order valence-electron chi connectivity index (χ3n) is 3.90. The van der Waals surface area contributed by atoms with Crippen LogP contribution in [0.15, 0.2) is 0 Å². The number of carbonyl (C=O) groups is 2. The van der Waals surface area contributed by atoms with Crippen LogP contribution in [0.25, 0.3) is 0 Å². The summed E-state index contributed by atoms with van der Waals surface area (Å²) < 4.78 is 5.31. The van der Waals surface area contributed by atoms with Gasteiger partial charge in [-0.1, -0.05) is 13.8 Å². The van der Waals surface area contributed by atoms with Crippen molar-refractivity contribution in [1.29, 1.82) is 0 Å². The van der Waals surface area contributed by atoms with Crippen LogP contribution in [0.2, 0.25) is 0 Å². The van der Waals surface area contributed by atoms with E-state index in [1.807, 2.05) is 11.8 Å². The van der Waals surface area contributed by atoms with Gasteiger partial charge in [-0.25, -0.2) is 9.59 Å². The smallest absolute Gasteiger partial charge is 0.332 e. The molecule has 0 saturated carbocycles. The molecule has 2 N–H and O–H groups in total. The number of nitrogens with zero attached hydrogens (tertiary/aromatic N) is 1. The molecule has 0 aromatic rings. The zero-order valence-corrected chi connectivity index (χ0v) is 12.8. The van der Waals surface area contributed by atoms with Gasteiger partial charge in [0, 0.05) is 36.6 Å². The van der Waals surface area contributed by atoms with Gasteiger partial charge in [0.15, 0.2) is 5.54 Å². The van der Waals surface area contributed by atoms with E-state index >= 15 is 0 Å². The van der Waals surface area contributed by atoms with Crippen LogP contribution in [0, 0.1) is 0 Å². The molecule has 1 atom stereocenters. The molecule has 0 bridgehead atoms. The van der Waals surface area contributed by atoms with Crippen LogP contribution in [0.1, 0.15) is 26.7 Å². The van der Waals surface area contributed by atoms with Crippen molar-refractivity contribution in [2.24, 2.45) is 0 Å². The van der Waals surface area contributed by atoms with Gasteiger partial charge in [-0.2, -0.15) is 11.8 Å². The summed E-state index contributed by atoms with van der Waals surface area (Å²) in [6.07, 6.45) is 1.23. The normalized spacial score (nSPS) is 29.8. The minimum Gasteiger partial charge on any atom is -0.479 e. The van der Waals surface area contributed by atoms with Crippen molar-refractivity contribution in [3.8, 4) is 0 Å². The number of hydrogen-bond donors (Lipinski definition) is 2. The lowest BCUT2D eigenvalue weighted by molar-refractivity contribution is -0.144. The van der Waals surface area contributed by atoms with Crippen LogP contribution < -0.4 is 5.32 Å². The lowest BCUT2D eigenvalue weighted by Gasteiger charge is -2.29. The van der Waals surface area contributed by atoms with Gasteiger partial charge < -0.3 is 20.1 Å². The van der Waals surface area contributed by atoms with Crippen molar-refractivity contribution in [3.05, 3.63) is 0 Å². The summed E-state index contributed by atoms with van der Waals surface area (Å²) in [6, 6.07) is -0.295. The van der Waals surface area contributed by atoms with E-state index in [2.05, 4.69) is 19.2 Å². The van der Waals surface area contributed by atoms with Crippen molar-refractivity contribution in [2.45, 2.75) is 37.0 Å². The second-order valence-corrected chi connectivity index (χ2v) is 7.77. The minimum absolute atomic E-state index is 0.0438. The fourth-order valence-corrected chi connectivity index (χ4v) is 3.49. The topological polar surface area (TPSA) is 78.9 Å². The number of thioether (sulfide) groups is 1. The molecule has 114 valence electrons. The van der Waals surface area contributed by atoms with E-state index < -0.39 is 11.5 Å². The molecule has 2 aliphatic heterocycles. The number of carbonyl (C=O) groups excluding carboxylic acids is 1. The zero-order chi connectivity index (χ0) is 14.8. The predicted octanol–water partition coefficient (Wildman–Crippen LogP) is 1.16. The first-order chi connectivity index (χ1) is 9.35. The van der Waals surface area contributed by atoms with Crippen molar-refractivity contribution in [1.82, 2.24) is 10.2 Å². The summed E-state index contributed by atoms with van der Waals surface area (Å²) in [6.45, 7) is 6.06. The van der Waals surface area contributed by atoms with Gasteiger partial charge in [0.2, 0.25) is 0 Å². The first-order valence-electron chi connectivity index (χ1n) is 6.87. The van der Waals surface area contributed by atoms with Crippen molar-refractivity contribution >= 4 is 23.8 Å². The highest BCUT2D eigenvalue weighted by molar-refractivity contribution is 8.00. The van der Waals surface area contributed by atoms with Crippen molar-refractivity contribution < 1.29 is 19.4 Å². The first kappa shape index (κ1) is 15.4. The fourth-order valence-electron chi connectivity index (χ4n) is 2.39. The fraction of sp³-hybridized carbons (Fsp3) is 0.846. The van der Waals surface area contributed by atoms with Crippen LogP contribution in [0.5, 0.6) is 0 Å². The van der Waals surface area contributed by atoms with E-state index in [1.165, 1.54) is 0 Å². The number of carboxylic acid groups (broad SMARTS) is 1. The highest BCUT2D eigenvalue weighted by Crippen LogP contribution is 2.30. The van der Waals surface area contributed by atoms with Gasteiger partial charge in [-0.3, -0.25) is 0 Å². The number of carboxylic acids is 1. The van der Waals surface area contributed by atoms with Gasteiger partial charge >= 0.3 is 12.0 Å². The molecule has 0 spiro atoms. The number of aliphatic carboxylic acids is 1. The monoisotopic (exact) mass is 302 g/mol. The highest BCUT2D eigenvalue weighted by atomic mass is 32.2. The van der Waals surface area contributed by atoms with Gasteiger partial charge in [-0.05, 0) is 6.42 Å². The summed E-state index contributed by atoms with van der Waals surface area (Å²) >= 11 is 1.85. The lowest BCUT2D eigenvalue weighted by atomic mass is 9.99. The molecule has 2 saturated heterocycles. The minimum atomic E-state index is -1.26. The van der Waals surface area contributed by atoms with E-state index in [0.717, 1.165) is 12.2 Å². The first-order valence-corrected chi connectivity index (χ1v) is 7.85. The molecular weight excluding hydrogens is 280 g/mol. The number of urea groups is 1. The van der Waals surface area contributed by atoms with Crippen LogP contribution in [-0.4, -0.2) is 64.3 Å². The molecule has 1 unspecified atom stereocenters. The maximum absolute atomic E-state index is 12.3. The molecule has 2 rings (SSSR count). The molecule has 0 aromatic carbocycles. The van der Waals surface area contributed by atoms with E-state index in [1.54, 1.807) is 4.90 Å². The Balaban J connectivity index is 1.99. The molecule has 7 heteroatoms. The third kappa shape index (κ3) is 3.38. The maximum Gasteiger partial charge on any atom is 0.332 e. The number of nitrogens with one attached hydrogen (secondary N) is 1. The Morgan fingerprint density at radius 2 is 2.05 bits per heavy atom. The average Bonchev–Trinajstić information content (AvgIpc) is 2.75. The van der Waals surface area contributed by atoms with Crippen LogP contribution in [0.4, 0.5) is 4.79 Å². The molecule has 2 heterocycles. The Morgan fingerprint density at radius 3 is 2.65 bits per heavy atom. The summed E-state index contributed by atoms with van der Waals surface area (Å²) in [4.78, 5) is 25.4. The predicted molar refractivity (Wildman–Crippen MR) is 77.1 cm³/mol. The Labute approximate surface area is 123 Å². The van der Waals surface area contributed by atoms with Gasteiger partial charge in [0.25, 0.3) is 0 Å². The SMILES string of the molecule is CC1(C)CCN(C(=O)NC2(C(=O)O)CCOC2)CCS1. The molecule has 0 radical (unpaired) electrons. The number of amides is 2. The summed E-state index contributed by atoms with van der Waals surface area (Å²) in [7, 11) is 0. The summed E-state index contributed by atoms with van der Waals surface area (Å²) in [5, 5.41) is 12.0. The molecule has 2 amide bonds. The van der Waals surface area contributed by atoms with Gasteiger partial charge in [0.05, 0.1) is 6.61 Å². The molecule has 2 aliphatic rings. The van der Waals surface area contributed by atoms with E-state index in [0.29, 0.717) is 26.1 Å². The quantitative estimate of drug-likeness (QED) is 0.800. The van der Waals surface area contributed by atoms with Crippen LogP contribution >= 0.6 is 11.8 Å². The second-order valence-electron chi connectivity index (χ2n) is 5.97. The van der Waals surface area contributed by atoms with E-state index in [-0.39, 0.29) is 17.4 Å². The van der Waals surface area contributed by atoms with E-state index in [4.69, 9.17) is 4.74 Å². The third-order valence-corrected chi connectivity index (χ3v) is 5.27. The molecule has 0 aliphatic carbocycles. The standard InChI is InChI=1S/C13H22N2O4S/c1-12(2)3-5-15(6-8-20-12)11(18)14-13(10(16)17)4-7-19-9-13/h3-9H2,1-2H3,(H,14,18)(H,16,17). The Kier molecular flexibility index (Phi) is 4.49. The van der Waals surface area contributed by atoms with Crippen LogP contribution in [0.3, 0.4) is 0 Å². The van der Waals surface area contributed by atoms with Crippen LogP contribution in [-0.2, 0) is 9.53 Å². The van der Waals surface area contributed by atoms with Crippen molar-refractivity contribution in [2.75, 3.05) is 32.1 Å². The average molecular weight is 302 g/mol. The van der Waals surface area contributed by atoms with Gasteiger partial charge in [0.1, 0.15) is 0 Å². The largest absolute Gasteiger partial charge is 0.479 e. The molecule has 0 aromatic heterocycles. The Morgan fingerprint density at radius 1 is 1.30 bits per heavy atom. The van der Waals surface area contributed by atoms with Crippen molar-refractivity contribution in [3.63, 3.8) is 0 Å². The summed E-state index contributed by atoms with van der Waals surface area (Å²) in [5.74, 6) is -0.148. The lowest BCUT2D eigenvalue weighted by Crippen LogP contribution is -2.58. The van der Waals surface area contributed by atoms with E-state index in [9.17, 15) is 14.7 Å². The zero-order valence-electron chi connectivity index (χ0n) is 12.0. The molecule has 20 heavy (non-hydrogen) atoms. The molecule has 2 fully saturated rings. The maximum atomic E-state index is 12.3. The summed E-state index contributed by atoms with van der Waals surface area (Å²) in [5.41, 5.74) is -1.26. The second kappa shape index (κ2) is 5.81. The Bertz CT molecular complexity index is 394. The highest BCUT2D eigenvalue weighted by Gasteiger charge is 2.44. The number of rotatable bonds is 2.